The van der Waals surface area contributed by atoms with E-state index in [-0.39, 0.29) is 5.97 Å². The van der Waals surface area contributed by atoms with Crippen LogP contribution in [0.3, 0.4) is 0 Å². The Balaban J connectivity index is 1.51. The van der Waals surface area contributed by atoms with Crippen molar-refractivity contribution in [2.75, 3.05) is 25.0 Å². The SMILES string of the molecule is CCOC(=O)C=Cc1cnc(N[C@@H]2CCCN(Cc3ccc(Cl)cc3)C2)cn1. The molecule has 2 aromatic rings. The quantitative estimate of drug-likeness (QED) is 0.563. The maximum Gasteiger partial charge on any atom is 0.330 e. The summed E-state index contributed by atoms with van der Waals surface area (Å²) in [5.74, 6) is 0.362. The van der Waals surface area contributed by atoms with Crippen molar-refractivity contribution < 1.29 is 9.53 Å². The van der Waals surface area contributed by atoms with Crippen LogP contribution in [0.2, 0.25) is 5.02 Å². The van der Waals surface area contributed by atoms with Gasteiger partial charge in [-0.05, 0) is 50.1 Å². The molecule has 3 rings (SSSR count). The topological polar surface area (TPSA) is 67.3 Å². The summed E-state index contributed by atoms with van der Waals surface area (Å²) in [7, 11) is 0. The van der Waals surface area contributed by atoms with Crippen LogP contribution in [0.15, 0.2) is 42.7 Å². The molecule has 7 heteroatoms. The van der Waals surface area contributed by atoms with Gasteiger partial charge in [-0.2, -0.15) is 0 Å². The number of halogens is 1. The largest absolute Gasteiger partial charge is 0.463 e. The van der Waals surface area contributed by atoms with Gasteiger partial charge in [-0.25, -0.2) is 9.78 Å². The molecule has 1 saturated heterocycles. The average Bonchev–Trinajstić information content (AvgIpc) is 2.70. The molecule has 6 nitrogen and oxygen atoms in total. The highest BCUT2D eigenvalue weighted by atomic mass is 35.5. The highest BCUT2D eigenvalue weighted by Crippen LogP contribution is 2.18. The predicted molar refractivity (Wildman–Crippen MR) is 111 cm³/mol. The van der Waals surface area contributed by atoms with E-state index in [1.165, 1.54) is 11.6 Å². The van der Waals surface area contributed by atoms with Crippen LogP contribution in [-0.2, 0) is 16.1 Å². The first kappa shape index (κ1) is 20.3. The van der Waals surface area contributed by atoms with E-state index >= 15 is 0 Å². The molecular weight excluding hydrogens is 376 g/mol. The molecule has 28 heavy (non-hydrogen) atoms. The van der Waals surface area contributed by atoms with Crippen LogP contribution >= 0.6 is 11.6 Å². The van der Waals surface area contributed by atoms with Gasteiger partial charge in [0.15, 0.2) is 0 Å². The Morgan fingerprint density at radius 3 is 2.86 bits per heavy atom. The number of hydrogen-bond acceptors (Lipinski definition) is 6. The molecule has 1 aromatic carbocycles. The van der Waals surface area contributed by atoms with Crippen LogP contribution in [0.25, 0.3) is 6.08 Å². The van der Waals surface area contributed by atoms with E-state index < -0.39 is 0 Å². The van der Waals surface area contributed by atoms with Crippen LogP contribution in [0, 0.1) is 0 Å². The van der Waals surface area contributed by atoms with E-state index in [1.54, 1.807) is 25.4 Å². The van der Waals surface area contributed by atoms with Crippen molar-refractivity contribution in [2.24, 2.45) is 0 Å². The molecule has 1 aliphatic rings. The van der Waals surface area contributed by atoms with Crippen LogP contribution < -0.4 is 5.32 Å². The van der Waals surface area contributed by atoms with Gasteiger partial charge in [0.05, 0.1) is 24.7 Å². The van der Waals surface area contributed by atoms with Gasteiger partial charge < -0.3 is 10.1 Å². The lowest BCUT2D eigenvalue weighted by molar-refractivity contribution is -0.137. The molecule has 0 radical (unpaired) electrons. The zero-order valence-electron chi connectivity index (χ0n) is 16.0. The Morgan fingerprint density at radius 2 is 2.14 bits per heavy atom. The smallest absolute Gasteiger partial charge is 0.330 e. The summed E-state index contributed by atoms with van der Waals surface area (Å²) in [5, 5.41) is 4.23. The van der Waals surface area contributed by atoms with E-state index in [1.807, 2.05) is 12.1 Å². The fourth-order valence-corrected chi connectivity index (χ4v) is 3.34. The van der Waals surface area contributed by atoms with Gasteiger partial charge in [0, 0.05) is 30.2 Å². The molecule has 1 N–H and O–H groups in total. The first-order chi connectivity index (χ1) is 13.6. The van der Waals surface area contributed by atoms with Gasteiger partial charge in [0.1, 0.15) is 5.82 Å². The molecule has 0 spiro atoms. The monoisotopic (exact) mass is 400 g/mol. The zero-order chi connectivity index (χ0) is 19.8. The standard InChI is InChI=1S/C21H25ClN4O2/c1-2-28-21(27)10-9-18-12-24-20(13-23-18)25-19-4-3-11-26(15-19)14-16-5-7-17(22)8-6-16/h5-10,12-13,19H,2-4,11,14-15H2,1H3,(H,24,25)/t19-/m1/s1. The van der Waals surface area contributed by atoms with E-state index in [0.29, 0.717) is 18.3 Å². The molecule has 0 amide bonds. The molecule has 1 fully saturated rings. The Labute approximate surface area is 170 Å². The number of ether oxygens (including phenoxy) is 1. The Morgan fingerprint density at radius 1 is 1.32 bits per heavy atom. The predicted octanol–water partition coefficient (Wildman–Crippen LogP) is 3.78. The maximum atomic E-state index is 11.3. The van der Waals surface area contributed by atoms with Gasteiger partial charge in [-0.1, -0.05) is 23.7 Å². The number of aromatic nitrogens is 2. The van der Waals surface area contributed by atoms with Crippen LogP contribution in [0.5, 0.6) is 0 Å². The Kier molecular flexibility index (Phi) is 7.39. The number of anilines is 1. The van der Waals surface area contributed by atoms with Gasteiger partial charge in [0.25, 0.3) is 0 Å². The second kappa shape index (κ2) is 10.2. The fourth-order valence-electron chi connectivity index (χ4n) is 3.22. The number of carbonyl (C=O) groups is 1. The number of piperidine rings is 1. The van der Waals surface area contributed by atoms with Crippen molar-refractivity contribution in [3.05, 3.63) is 59.0 Å². The Hall–Kier alpha value is -2.44. The van der Waals surface area contributed by atoms with Crippen molar-refractivity contribution in [1.82, 2.24) is 14.9 Å². The number of esters is 1. The third kappa shape index (κ3) is 6.32. The highest BCUT2D eigenvalue weighted by molar-refractivity contribution is 6.30. The summed E-state index contributed by atoms with van der Waals surface area (Å²) < 4.78 is 4.85. The van der Waals surface area contributed by atoms with E-state index in [9.17, 15) is 4.79 Å². The zero-order valence-corrected chi connectivity index (χ0v) is 16.7. The maximum absolute atomic E-state index is 11.3. The molecule has 0 unspecified atom stereocenters. The summed E-state index contributed by atoms with van der Waals surface area (Å²) in [6, 6.07) is 8.35. The normalized spacial score (nSPS) is 17.6. The molecule has 1 aromatic heterocycles. The van der Waals surface area contributed by atoms with Gasteiger partial charge in [-0.3, -0.25) is 9.88 Å². The average molecular weight is 401 g/mol. The molecule has 148 valence electrons. The Bertz CT molecular complexity index is 793. The fraction of sp³-hybridized carbons (Fsp3) is 0.381. The molecule has 1 aliphatic heterocycles. The summed E-state index contributed by atoms with van der Waals surface area (Å²) >= 11 is 5.96. The first-order valence-electron chi connectivity index (χ1n) is 9.52. The number of rotatable bonds is 7. The lowest BCUT2D eigenvalue weighted by Gasteiger charge is -2.33. The number of nitrogens with one attached hydrogen (secondary N) is 1. The third-order valence-electron chi connectivity index (χ3n) is 4.53. The minimum absolute atomic E-state index is 0.330. The third-order valence-corrected chi connectivity index (χ3v) is 4.78. The van der Waals surface area contributed by atoms with Crippen molar-refractivity contribution in [1.29, 1.82) is 0 Å². The van der Waals surface area contributed by atoms with E-state index in [4.69, 9.17) is 16.3 Å². The summed E-state index contributed by atoms with van der Waals surface area (Å²) in [6.07, 6.45) is 8.54. The summed E-state index contributed by atoms with van der Waals surface area (Å²) in [6.45, 7) is 5.08. The van der Waals surface area contributed by atoms with Crippen LogP contribution in [0.1, 0.15) is 31.0 Å². The summed E-state index contributed by atoms with van der Waals surface area (Å²) in [5.41, 5.74) is 1.88. The summed E-state index contributed by atoms with van der Waals surface area (Å²) in [4.78, 5) is 22.5. The minimum atomic E-state index is -0.380. The molecule has 0 saturated carbocycles. The lowest BCUT2D eigenvalue weighted by atomic mass is 10.0. The minimum Gasteiger partial charge on any atom is -0.463 e. The number of carbonyl (C=O) groups excluding carboxylic acids is 1. The van der Waals surface area contributed by atoms with Gasteiger partial charge in [-0.15, -0.1) is 0 Å². The van der Waals surface area contributed by atoms with E-state index in [2.05, 4.69) is 32.3 Å². The van der Waals surface area contributed by atoms with Crippen LogP contribution in [-0.4, -0.2) is 46.6 Å². The van der Waals surface area contributed by atoms with Crippen molar-refractivity contribution in [2.45, 2.75) is 32.4 Å². The number of benzene rings is 1. The van der Waals surface area contributed by atoms with Crippen LogP contribution in [0.4, 0.5) is 5.82 Å². The first-order valence-corrected chi connectivity index (χ1v) is 9.90. The second-order valence-electron chi connectivity index (χ2n) is 6.76. The van der Waals surface area contributed by atoms with Crippen molar-refractivity contribution >= 4 is 29.5 Å². The van der Waals surface area contributed by atoms with Gasteiger partial charge in [0.2, 0.25) is 0 Å². The van der Waals surface area contributed by atoms with E-state index in [0.717, 1.165) is 43.3 Å². The number of hydrogen-bond donors (Lipinski definition) is 1. The highest BCUT2D eigenvalue weighted by Gasteiger charge is 2.20. The van der Waals surface area contributed by atoms with Crippen molar-refractivity contribution in [3.8, 4) is 0 Å². The molecule has 0 bridgehead atoms. The molecular formula is C21H25ClN4O2. The van der Waals surface area contributed by atoms with Crippen molar-refractivity contribution in [3.63, 3.8) is 0 Å². The van der Waals surface area contributed by atoms with Gasteiger partial charge >= 0.3 is 5.97 Å². The number of likely N-dealkylation sites (tertiary alicyclic amines) is 1. The molecule has 0 aliphatic carbocycles. The second-order valence-corrected chi connectivity index (χ2v) is 7.19. The molecule has 1 atom stereocenters. The lowest BCUT2D eigenvalue weighted by Crippen LogP contribution is -2.41. The number of nitrogens with zero attached hydrogens (tertiary/aromatic N) is 3. The molecule has 2 heterocycles.